The predicted octanol–water partition coefficient (Wildman–Crippen LogP) is 2.67. The number of carbonyl (C=O) groups is 2. The summed E-state index contributed by atoms with van der Waals surface area (Å²) in [5.41, 5.74) is 2.40. The van der Waals surface area contributed by atoms with Gasteiger partial charge in [-0.05, 0) is 36.2 Å². The van der Waals surface area contributed by atoms with E-state index in [-0.39, 0.29) is 23.7 Å². The second-order valence-electron chi connectivity index (χ2n) is 6.09. The van der Waals surface area contributed by atoms with Gasteiger partial charge in [0, 0.05) is 25.1 Å². The lowest BCUT2D eigenvalue weighted by molar-refractivity contribution is -0.128. The number of hydrogen-bond donors (Lipinski definition) is 1. The molecule has 0 aliphatic carbocycles. The third kappa shape index (κ3) is 3.62. The molecule has 0 unspecified atom stereocenters. The molecule has 5 heteroatoms. The highest BCUT2D eigenvalue weighted by atomic mass is 19.1. The van der Waals surface area contributed by atoms with Gasteiger partial charge in [-0.1, -0.05) is 30.3 Å². The van der Waals surface area contributed by atoms with E-state index in [1.807, 2.05) is 25.1 Å². The van der Waals surface area contributed by atoms with Gasteiger partial charge in [0.05, 0.1) is 6.04 Å². The smallest absolute Gasteiger partial charge is 0.251 e. The number of nitrogens with zero attached hydrogens (tertiary/aromatic N) is 1. The molecule has 1 atom stereocenters. The van der Waals surface area contributed by atoms with Crippen molar-refractivity contribution in [3.8, 4) is 0 Å². The molecule has 1 heterocycles. The summed E-state index contributed by atoms with van der Waals surface area (Å²) < 4.78 is 12.9. The molecule has 1 fully saturated rings. The van der Waals surface area contributed by atoms with Crippen LogP contribution >= 0.6 is 0 Å². The predicted molar refractivity (Wildman–Crippen MR) is 88.9 cm³/mol. The Hall–Kier alpha value is -2.69. The lowest BCUT2D eigenvalue weighted by Gasteiger charge is -2.17. The van der Waals surface area contributed by atoms with Crippen molar-refractivity contribution in [3.63, 3.8) is 0 Å². The highest BCUT2D eigenvalue weighted by Gasteiger charge is 2.30. The van der Waals surface area contributed by atoms with Crippen LogP contribution in [0, 0.1) is 12.7 Å². The van der Waals surface area contributed by atoms with Crippen molar-refractivity contribution in [1.29, 1.82) is 0 Å². The van der Waals surface area contributed by atoms with Gasteiger partial charge in [-0.25, -0.2) is 4.39 Å². The number of amides is 2. The fraction of sp³-hybridized carbons (Fsp3) is 0.263. The van der Waals surface area contributed by atoms with Gasteiger partial charge in [0.2, 0.25) is 5.91 Å². The molecule has 2 amide bonds. The zero-order valence-corrected chi connectivity index (χ0v) is 13.5. The fourth-order valence-electron chi connectivity index (χ4n) is 2.92. The third-order valence-corrected chi connectivity index (χ3v) is 4.23. The Morgan fingerprint density at radius 2 is 1.92 bits per heavy atom. The minimum atomic E-state index is -0.296. The molecule has 1 saturated heterocycles. The molecule has 2 aromatic carbocycles. The van der Waals surface area contributed by atoms with Crippen LogP contribution in [0.15, 0.2) is 48.5 Å². The summed E-state index contributed by atoms with van der Waals surface area (Å²) >= 11 is 0. The van der Waals surface area contributed by atoms with E-state index in [9.17, 15) is 14.0 Å². The first-order valence-electron chi connectivity index (χ1n) is 7.91. The molecule has 24 heavy (non-hydrogen) atoms. The summed E-state index contributed by atoms with van der Waals surface area (Å²) in [4.78, 5) is 26.2. The lowest BCUT2D eigenvalue weighted by Crippen LogP contribution is -2.37. The molecule has 0 spiro atoms. The molecule has 3 rings (SSSR count). The topological polar surface area (TPSA) is 49.4 Å². The highest BCUT2D eigenvalue weighted by Crippen LogP contribution is 2.16. The Bertz CT molecular complexity index is 758. The van der Waals surface area contributed by atoms with Gasteiger partial charge in [0.1, 0.15) is 5.82 Å². The number of likely N-dealkylation sites (tertiary alicyclic amines) is 1. The fourth-order valence-corrected chi connectivity index (χ4v) is 2.92. The van der Waals surface area contributed by atoms with Crippen molar-refractivity contribution in [1.82, 2.24) is 10.2 Å². The van der Waals surface area contributed by atoms with Gasteiger partial charge in [-0.15, -0.1) is 0 Å². The molecular weight excluding hydrogens is 307 g/mol. The Kier molecular flexibility index (Phi) is 4.60. The van der Waals surface area contributed by atoms with Crippen LogP contribution in [0.2, 0.25) is 0 Å². The van der Waals surface area contributed by atoms with E-state index >= 15 is 0 Å². The van der Waals surface area contributed by atoms with E-state index in [0.29, 0.717) is 25.1 Å². The van der Waals surface area contributed by atoms with Gasteiger partial charge in [-0.2, -0.15) is 0 Å². The van der Waals surface area contributed by atoms with Crippen molar-refractivity contribution in [2.24, 2.45) is 0 Å². The second-order valence-corrected chi connectivity index (χ2v) is 6.09. The Morgan fingerprint density at radius 1 is 1.21 bits per heavy atom. The largest absolute Gasteiger partial charge is 0.347 e. The number of hydrogen-bond acceptors (Lipinski definition) is 2. The van der Waals surface area contributed by atoms with Gasteiger partial charge in [-0.3, -0.25) is 9.59 Å². The summed E-state index contributed by atoms with van der Waals surface area (Å²) in [6.45, 7) is 2.78. The third-order valence-electron chi connectivity index (χ3n) is 4.23. The maximum absolute atomic E-state index is 12.9. The SMILES string of the molecule is Cc1ccccc1C(=O)N[C@@H]1CC(=O)N(Cc2ccc(F)cc2)C1. The monoisotopic (exact) mass is 326 g/mol. The standard InChI is InChI=1S/C19H19FN2O2/c1-13-4-2-3-5-17(13)19(24)21-16-10-18(23)22(12-16)11-14-6-8-15(20)9-7-14/h2-9,16H,10-12H2,1H3,(H,21,24)/t16-/m1/s1. The molecule has 4 nitrogen and oxygen atoms in total. The summed E-state index contributed by atoms with van der Waals surface area (Å²) in [6.07, 6.45) is 0.290. The Balaban J connectivity index is 1.61. The first kappa shape index (κ1) is 16.2. The molecule has 0 radical (unpaired) electrons. The quantitative estimate of drug-likeness (QED) is 0.939. The van der Waals surface area contributed by atoms with E-state index in [4.69, 9.17) is 0 Å². The van der Waals surface area contributed by atoms with E-state index in [2.05, 4.69) is 5.32 Å². The first-order chi connectivity index (χ1) is 11.5. The molecule has 124 valence electrons. The maximum atomic E-state index is 12.9. The van der Waals surface area contributed by atoms with Crippen LogP contribution in [0.1, 0.15) is 27.9 Å². The van der Waals surface area contributed by atoms with Crippen molar-refractivity contribution in [2.45, 2.75) is 25.9 Å². The maximum Gasteiger partial charge on any atom is 0.251 e. The van der Waals surface area contributed by atoms with Crippen LogP contribution in [0.5, 0.6) is 0 Å². The average Bonchev–Trinajstić information content (AvgIpc) is 2.89. The van der Waals surface area contributed by atoms with Crippen molar-refractivity contribution < 1.29 is 14.0 Å². The summed E-state index contributed by atoms with van der Waals surface area (Å²) in [5.74, 6) is -0.459. The van der Waals surface area contributed by atoms with E-state index in [1.165, 1.54) is 12.1 Å². The zero-order valence-electron chi connectivity index (χ0n) is 13.5. The zero-order chi connectivity index (χ0) is 17.1. The van der Waals surface area contributed by atoms with E-state index < -0.39 is 0 Å². The van der Waals surface area contributed by atoms with Crippen LogP contribution in [-0.2, 0) is 11.3 Å². The van der Waals surface area contributed by atoms with Crippen LogP contribution in [0.25, 0.3) is 0 Å². The minimum Gasteiger partial charge on any atom is -0.347 e. The van der Waals surface area contributed by atoms with Crippen LogP contribution in [0.4, 0.5) is 4.39 Å². The Morgan fingerprint density at radius 3 is 2.62 bits per heavy atom. The van der Waals surface area contributed by atoms with Crippen LogP contribution < -0.4 is 5.32 Å². The Labute approximate surface area is 140 Å². The lowest BCUT2D eigenvalue weighted by atomic mass is 10.1. The summed E-state index contributed by atoms with van der Waals surface area (Å²) in [5, 5.41) is 2.93. The van der Waals surface area contributed by atoms with Crippen LogP contribution in [0.3, 0.4) is 0 Å². The van der Waals surface area contributed by atoms with E-state index in [0.717, 1.165) is 11.1 Å². The minimum absolute atomic E-state index is 0.00518. The number of aryl methyl sites for hydroxylation is 1. The number of carbonyl (C=O) groups excluding carboxylic acids is 2. The summed E-state index contributed by atoms with van der Waals surface area (Å²) in [6, 6.07) is 13.3. The highest BCUT2D eigenvalue weighted by molar-refractivity contribution is 5.96. The molecule has 0 saturated carbocycles. The molecule has 1 N–H and O–H groups in total. The number of benzene rings is 2. The van der Waals surface area contributed by atoms with Gasteiger partial charge in [0.15, 0.2) is 0 Å². The normalized spacial score (nSPS) is 17.2. The van der Waals surface area contributed by atoms with Gasteiger partial charge in [0.25, 0.3) is 5.91 Å². The van der Waals surface area contributed by atoms with Crippen molar-refractivity contribution in [3.05, 3.63) is 71.0 Å². The van der Waals surface area contributed by atoms with Crippen molar-refractivity contribution >= 4 is 11.8 Å². The molecule has 2 aromatic rings. The average molecular weight is 326 g/mol. The first-order valence-corrected chi connectivity index (χ1v) is 7.91. The number of rotatable bonds is 4. The van der Waals surface area contributed by atoms with Crippen LogP contribution in [-0.4, -0.2) is 29.3 Å². The second kappa shape index (κ2) is 6.83. The van der Waals surface area contributed by atoms with E-state index in [1.54, 1.807) is 23.1 Å². The van der Waals surface area contributed by atoms with Gasteiger partial charge >= 0.3 is 0 Å². The molecular formula is C19H19FN2O2. The number of halogens is 1. The van der Waals surface area contributed by atoms with Gasteiger partial charge < -0.3 is 10.2 Å². The molecule has 1 aliphatic rings. The number of nitrogens with one attached hydrogen (secondary N) is 1. The summed E-state index contributed by atoms with van der Waals surface area (Å²) in [7, 11) is 0. The molecule has 0 bridgehead atoms. The molecule has 0 aromatic heterocycles. The molecule has 1 aliphatic heterocycles. The van der Waals surface area contributed by atoms with Crippen molar-refractivity contribution in [2.75, 3.05) is 6.54 Å².